The summed E-state index contributed by atoms with van der Waals surface area (Å²) in [4.78, 5) is 25.3. The van der Waals surface area contributed by atoms with E-state index in [0.29, 0.717) is 29.6 Å². The molecule has 2 aliphatic rings. The molecule has 0 unspecified atom stereocenters. The molecule has 0 spiro atoms. The molecule has 5 atom stereocenters. The van der Waals surface area contributed by atoms with E-state index in [2.05, 4.69) is 26.3 Å². The Labute approximate surface area is 190 Å². The molecular weight excluding hydrogens is 404 g/mol. The summed E-state index contributed by atoms with van der Waals surface area (Å²) in [7, 11) is 0. The largest absolute Gasteiger partial charge is 0.455 e. The van der Waals surface area contributed by atoms with Gasteiger partial charge in [0.25, 0.3) is 0 Å². The first-order valence-electron chi connectivity index (χ1n) is 11.0. The van der Waals surface area contributed by atoms with E-state index in [-0.39, 0.29) is 17.6 Å². The lowest BCUT2D eigenvalue weighted by molar-refractivity contribution is -0.140. The van der Waals surface area contributed by atoms with Gasteiger partial charge in [-0.25, -0.2) is 9.59 Å². The van der Waals surface area contributed by atoms with Gasteiger partial charge in [-0.2, -0.15) is 0 Å². The maximum absolute atomic E-state index is 13.0. The van der Waals surface area contributed by atoms with E-state index < -0.39 is 24.1 Å². The number of epoxide rings is 1. The summed E-state index contributed by atoms with van der Waals surface area (Å²) in [6, 6.07) is 7.29. The summed E-state index contributed by atoms with van der Waals surface area (Å²) >= 11 is 0. The highest BCUT2D eigenvalue weighted by Crippen LogP contribution is 2.49. The van der Waals surface area contributed by atoms with Gasteiger partial charge >= 0.3 is 11.9 Å². The highest BCUT2D eigenvalue weighted by molar-refractivity contribution is 5.92. The number of esters is 2. The van der Waals surface area contributed by atoms with Crippen molar-refractivity contribution in [1.29, 1.82) is 0 Å². The molecule has 2 fully saturated rings. The van der Waals surface area contributed by atoms with Gasteiger partial charge in [-0.15, -0.1) is 13.2 Å². The number of allylic oxidation sites excluding steroid dienone is 2. The maximum atomic E-state index is 13.0. The zero-order chi connectivity index (χ0) is 23.5. The fraction of sp³-hybridized carbons (Fsp3) is 0.407. The number of cyclic esters (lactones) is 1. The Bertz CT molecular complexity index is 945. The molecule has 5 heteroatoms. The van der Waals surface area contributed by atoms with Crippen LogP contribution in [0, 0.1) is 5.92 Å². The second-order valence-corrected chi connectivity index (χ2v) is 8.81. The topological polar surface area (TPSA) is 65.1 Å². The molecule has 1 aromatic rings. The summed E-state index contributed by atoms with van der Waals surface area (Å²) < 4.78 is 17.4. The summed E-state index contributed by atoms with van der Waals surface area (Å²) in [6.07, 6.45) is 4.87. The number of hydrogen-bond acceptors (Lipinski definition) is 5. The molecule has 2 heterocycles. The molecule has 0 aromatic heterocycles. The van der Waals surface area contributed by atoms with E-state index in [1.54, 1.807) is 18.2 Å². The van der Waals surface area contributed by atoms with E-state index in [1.807, 2.05) is 32.1 Å². The third kappa shape index (κ3) is 4.94. The van der Waals surface area contributed by atoms with Crippen LogP contribution < -0.4 is 0 Å². The lowest BCUT2D eigenvalue weighted by Crippen LogP contribution is -2.32. The second kappa shape index (κ2) is 9.70. The Morgan fingerprint density at radius 2 is 2.00 bits per heavy atom. The number of rotatable bonds is 11. The number of carbonyl (C=O) groups is 2. The van der Waals surface area contributed by atoms with E-state index in [4.69, 9.17) is 14.2 Å². The van der Waals surface area contributed by atoms with Gasteiger partial charge in [0.1, 0.15) is 18.3 Å². The third-order valence-corrected chi connectivity index (χ3v) is 6.30. The highest BCUT2D eigenvalue weighted by atomic mass is 16.6. The van der Waals surface area contributed by atoms with Gasteiger partial charge in [-0.05, 0) is 56.7 Å². The molecule has 0 N–H and O–H groups in total. The van der Waals surface area contributed by atoms with Crippen LogP contribution in [0.4, 0.5) is 0 Å². The van der Waals surface area contributed by atoms with Gasteiger partial charge < -0.3 is 14.2 Å². The Balaban J connectivity index is 1.76. The van der Waals surface area contributed by atoms with Crippen LogP contribution in [0.25, 0.3) is 0 Å². The summed E-state index contributed by atoms with van der Waals surface area (Å²) in [6.45, 7) is 19.3. The molecule has 0 radical (unpaired) electrons. The number of benzene rings is 1. The predicted octanol–water partition coefficient (Wildman–Crippen LogP) is 5.13. The molecule has 0 aliphatic carbocycles. The van der Waals surface area contributed by atoms with Crippen LogP contribution in [0.3, 0.4) is 0 Å². The van der Waals surface area contributed by atoms with Gasteiger partial charge in [0.15, 0.2) is 0 Å². The van der Waals surface area contributed by atoms with Crippen LogP contribution in [0.1, 0.15) is 49.0 Å². The first kappa shape index (κ1) is 23.7. The monoisotopic (exact) mass is 436 g/mol. The molecule has 32 heavy (non-hydrogen) atoms. The van der Waals surface area contributed by atoms with Crippen molar-refractivity contribution in [2.45, 2.75) is 63.4 Å². The van der Waals surface area contributed by atoms with E-state index >= 15 is 0 Å². The van der Waals surface area contributed by atoms with Crippen molar-refractivity contribution >= 4 is 11.9 Å². The van der Waals surface area contributed by atoms with Gasteiger partial charge in [0.05, 0.1) is 11.2 Å². The molecule has 3 rings (SSSR count). The number of carbonyl (C=O) groups excluding carboxylic acids is 2. The zero-order valence-electron chi connectivity index (χ0n) is 19.0. The standard InChI is InChI=1S/C27H32O5/c1-7-9-15-27(6)24(32-27)23-21(18(5)25(28)31-23)16-22(17(3)4)30-26(29)20-14-11-10-13-19(20)12-8-2/h7-8,10-11,13-14,21-24H,1-3,5,9,12,15-16H2,4,6H3/t21-,22-,23-,24+,27+/m0/s1. The van der Waals surface area contributed by atoms with Crippen LogP contribution in [0.5, 0.6) is 0 Å². The van der Waals surface area contributed by atoms with Gasteiger partial charge in [0.2, 0.25) is 0 Å². The van der Waals surface area contributed by atoms with Crippen LogP contribution in [-0.2, 0) is 25.4 Å². The van der Waals surface area contributed by atoms with Crippen LogP contribution in [-0.4, -0.2) is 35.9 Å². The normalized spacial score (nSPS) is 27.4. The molecular formula is C27H32O5. The molecule has 170 valence electrons. The minimum atomic E-state index is -0.587. The molecule has 0 amide bonds. The highest BCUT2D eigenvalue weighted by Gasteiger charge is 2.61. The van der Waals surface area contributed by atoms with Gasteiger partial charge in [-0.1, -0.05) is 43.5 Å². The van der Waals surface area contributed by atoms with Crippen LogP contribution in [0.15, 0.2) is 73.9 Å². The minimum Gasteiger partial charge on any atom is -0.455 e. The van der Waals surface area contributed by atoms with Gasteiger partial charge in [-0.3, -0.25) is 0 Å². The molecule has 2 saturated heterocycles. The number of ether oxygens (including phenoxy) is 3. The van der Waals surface area contributed by atoms with Crippen molar-refractivity contribution in [3.63, 3.8) is 0 Å². The zero-order valence-corrected chi connectivity index (χ0v) is 19.0. The predicted molar refractivity (Wildman–Crippen MR) is 124 cm³/mol. The number of hydrogen-bond donors (Lipinski definition) is 0. The average molecular weight is 437 g/mol. The van der Waals surface area contributed by atoms with Gasteiger partial charge in [0, 0.05) is 11.5 Å². The third-order valence-electron chi connectivity index (χ3n) is 6.30. The quantitative estimate of drug-likeness (QED) is 0.208. The van der Waals surface area contributed by atoms with Crippen molar-refractivity contribution in [3.05, 3.63) is 85.0 Å². The van der Waals surface area contributed by atoms with Crippen molar-refractivity contribution in [1.82, 2.24) is 0 Å². The minimum absolute atomic E-state index is 0.217. The Morgan fingerprint density at radius 1 is 1.28 bits per heavy atom. The molecule has 1 aromatic carbocycles. The fourth-order valence-electron chi connectivity index (χ4n) is 4.27. The Kier molecular flexibility index (Phi) is 7.19. The van der Waals surface area contributed by atoms with E-state index in [1.165, 1.54) is 0 Å². The summed E-state index contributed by atoms with van der Waals surface area (Å²) in [5.41, 5.74) is 2.05. The van der Waals surface area contributed by atoms with Crippen molar-refractivity contribution in [2.24, 2.45) is 5.92 Å². The van der Waals surface area contributed by atoms with Crippen LogP contribution >= 0.6 is 0 Å². The second-order valence-electron chi connectivity index (χ2n) is 8.81. The lowest BCUT2D eigenvalue weighted by atomic mass is 9.84. The molecule has 0 bridgehead atoms. The molecule has 0 saturated carbocycles. The first-order valence-corrected chi connectivity index (χ1v) is 11.0. The molecule has 5 nitrogen and oxygen atoms in total. The van der Waals surface area contributed by atoms with Crippen molar-refractivity contribution in [3.8, 4) is 0 Å². The summed E-state index contributed by atoms with van der Waals surface area (Å²) in [5, 5.41) is 0. The van der Waals surface area contributed by atoms with E-state index in [9.17, 15) is 9.59 Å². The Morgan fingerprint density at radius 3 is 2.66 bits per heavy atom. The first-order chi connectivity index (χ1) is 15.2. The Hall–Kier alpha value is -2.92. The van der Waals surface area contributed by atoms with Crippen molar-refractivity contribution < 1.29 is 23.8 Å². The smallest absolute Gasteiger partial charge is 0.339 e. The average Bonchev–Trinajstić information content (AvgIpc) is 3.36. The maximum Gasteiger partial charge on any atom is 0.339 e. The molecule has 2 aliphatic heterocycles. The SMILES string of the molecule is C=CCC[C@@]1(C)O[C@@H]1[C@H]1OC(=O)C(=C)[C@@H]1C[C@H](OC(=O)c1ccccc1CC=C)C(=C)C. The lowest BCUT2D eigenvalue weighted by Gasteiger charge is -2.24. The van der Waals surface area contributed by atoms with Crippen molar-refractivity contribution in [2.75, 3.05) is 0 Å². The van der Waals surface area contributed by atoms with E-state index in [0.717, 1.165) is 18.4 Å². The fourth-order valence-corrected chi connectivity index (χ4v) is 4.27. The van der Waals surface area contributed by atoms with Crippen LogP contribution in [0.2, 0.25) is 0 Å². The summed E-state index contributed by atoms with van der Waals surface area (Å²) in [5.74, 6) is -1.18.